The van der Waals surface area contributed by atoms with Gasteiger partial charge in [0, 0.05) is 12.2 Å². The third-order valence-electron chi connectivity index (χ3n) is 2.41. The summed E-state index contributed by atoms with van der Waals surface area (Å²) in [4.78, 5) is 13.2. The van der Waals surface area contributed by atoms with Gasteiger partial charge in [-0.1, -0.05) is 19.1 Å². The summed E-state index contributed by atoms with van der Waals surface area (Å²) in [7, 11) is 1.40. The van der Waals surface area contributed by atoms with Crippen molar-refractivity contribution in [2.45, 2.75) is 13.5 Å². The SMILES string of the molecule is CCN(CC(=O)OC)Cc1ccc(N)cc1. The molecular formula is C12H18N2O2. The maximum Gasteiger partial charge on any atom is 0.319 e. The van der Waals surface area contributed by atoms with Crippen LogP contribution in [0.15, 0.2) is 24.3 Å². The van der Waals surface area contributed by atoms with Crippen molar-refractivity contribution >= 4 is 11.7 Å². The maximum atomic E-state index is 11.1. The van der Waals surface area contributed by atoms with Gasteiger partial charge in [-0.15, -0.1) is 0 Å². The second-order valence-electron chi connectivity index (χ2n) is 3.62. The van der Waals surface area contributed by atoms with E-state index in [0.717, 1.165) is 24.3 Å². The molecule has 1 aromatic carbocycles. The molecule has 1 rings (SSSR count). The average Bonchev–Trinajstić information content (AvgIpc) is 2.30. The molecule has 16 heavy (non-hydrogen) atoms. The van der Waals surface area contributed by atoms with Crippen molar-refractivity contribution in [3.63, 3.8) is 0 Å². The normalized spacial score (nSPS) is 10.4. The lowest BCUT2D eigenvalue weighted by Crippen LogP contribution is -2.29. The Hall–Kier alpha value is -1.55. The van der Waals surface area contributed by atoms with Gasteiger partial charge in [-0.2, -0.15) is 0 Å². The first-order chi connectivity index (χ1) is 7.65. The lowest BCUT2D eigenvalue weighted by Gasteiger charge is -2.18. The summed E-state index contributed by atoms with van der Waals surface area (Å²) < 4.78 is 4.64. The maximum absolute atomic E-state index is 11.1. The molecule has 88 valence electrons. The van der Waals surface area contributed by atoms with Crippen molar-refractivity contribution in [2.75, 3.05) is 25.9 Å². The third-order valence-corrected chi connectivity index (χ3v) is 2.41. The summed E-state index contributed by atoms with van der Waals surface area (Å²) in [6.45, 7) is 3.86. The number of methoxy groups -OCH3 is 1. The van der Waals surface area contributed by atoms with E-state index < -0.39 is 0 Å². The quantitative estimate of drug-likeness (QED) is 0.602. The van der Waals surface area contributed by atoms with E-state index in [9.17, 15) is 4.79 Å². The number of nitrogen functional groups attached to an aromatic ring is 1. The van der Waals surface area contributed by atoms with Crippen LogP contribution in [-0.2, 0) is 16.1 Å². The van der Waals surface area contributed by atoms with Crippen LogP contribution in [-0.4, -0.2) is 31.1 Å². The molecule has 0 unspecified atom stereocenters. The van der Waals surface area contributed by atoms with E-state index in [-0.39, 0.29) is 5.97 Å². The van der Waals surface area contributed by atoms with E-state index in [2.05, 4.69) is 4.74 Å². The zero-order valence-electron chi connectivity index (χ0n) is 9.77. The van der Waals surface area contributed by atoms with E-state index in [1.165, 1.54) is 7.11 Å². The molecule has 0 fully saturated rings. The summed E-state index contributed by atoms with van der Waals surface area (Å²) in [6.07, 6.45) is 0. The number of benzene rings is 1. The molecule has 0 radical (unpaired) electrons. The molecule has 2 N–H and O–H groups in total. The fraction of sp³-hybridized carbons (Fsp3) is 0.417. The molecule has 0 spiro atoms. The van der Waals surface area contributed by atoms with Gasteiger partial charge in [-0.05, 0) is 24.2 Å². The third kappa shape index (κ3) is 3.90. The molecule has 1 aromatic rings. The molecule has 0 saturated heterocycles. The van der Waals surface area contributed by atoms with E-state index in [1.807, 2.05) is 36.1 Å². The monoisotopic (exact) mass is 222 g/mol. The predicted molar refractivity (Wildman–Crippen MR) is 63.8 cm³/mol. The predicted octanol–water partition coefficient (Wildman–Crippen LogP) is 1.26. The highest BCUT2D eigenvalue weighted by atomic mass is 16.5. The van der Waals surface area contributed by atoms with Crippen LogP contribution in [0.25, 0.3) is 0 Å². The van der Waals surface area contributed by atoms with Crippen LogP contribution < -0.4 is 5.73 Å². The van der Waals surface area contributed by atoms with Gasteiger partial charge in [0.25, 0.3) is 0 Å². The Morgan fingerprint density at radius 2 is 2.00 bits per heavy atom. The van der Waals surface area contributed by atoms with Gasteiger partial charge in [-0.3, -0.25) is 9.69 Å². The van der Waals surface area contributed by atoms with Gasteiger partial charge in [-0.25, -0.2) is 0 Å². The number of rotatable bonds is 5. The number of hydrogen-bond acceptors (Lipinski definition) is 4. The van der Waals surface area contributed by atoms with Crippen LogP contribution in [0.5, 0.6) is 0 Å². The van der Waals surface area contributed by atoms with Crippen LogP contribution in [0.1, 0.15) is 12.5 Å². The van der Waals surface area contributed by atoms with E-state index >= 15 is 0 Å². The van der Waals surface area contributed by atoms with Gasteiger partial charge in [0.05, 0.1) is 13.7 Å². The topological polar surface area (TPSA) is 55.6 Å². The number of ether oxygens (including phenoxy) is 1. The number of nitrogens with zero attached hydrogens (tertiary/aromatic N) is 1. The van der Waals surface area contributed by atoms with Gasteiger partial charge < -0.3 is 10.5 Å². The number of esters is 1. The van der Waals surface area contributed by atoms with Gasteiger partial charge >= 0.3 is 5.97 Å². The van der Waals surface area contributed by atoms with Crippen LogP contribution in [0.3, 0.4) is 0 Å². The zero-order valence-corrected chi connectivity index (χ0v) is 9.77. The van der Waals surface area contributed by atoms with Crippen LogP contribution in [0, 0.1) is 0 Å². The Morgan fingerprint density at radius 3 is 2.50 bits per heavy atom. The highest BCUT2D eigenvalue weighted by Crippen LogP contribution is 2.08. The highest BCUT2D eigenvalue weighted by Gasteiger charge is 2.09. The Bertz CT molecular complexity index is 335. The van der Waals surface area contributed by atoms with Crippen molar-refractivity contribution < 1.29 is 9.53 Å². The first-order valence-corrected chi connectivity index (χ1v) is 5.29. The van der Waals surface area contributed by atoms with Gasteiger partial charge in [0.15, 0.2) is 0 Å². The first kappa shape index (κ1) is 12.5. The fourth-order valence-electron chi connectivity index (χ4n) is 1.41. The van der Waals surface area contributed by atoms with Crippen molar-refractivity contribution in [1.29, 1.82) is 0 Å². The van der Waals surface area contributed by atoms with Crippen molar-refractivity contribution in [3.05, 3.63) is 29.8 Å². The van der Waals surface area contributed by atoms with E-state index in [1.54, 1.807) is 0 Å². The Labute approximate surface area is 96.0 Å². The van der Waals surface area contributed by atoms with Crippen molar-refractivity contribution in [1.82, 2.24) is 4.90 Å². The molecular weight excluding hydrogens is 204 g/mol. The first-order valence-electron chi connectivity index (χ1n) is 5.29. The summed E-state index contributed by atoms with van der Waals surface area (Å²) in [6, 6.07) is 7.66. The van der Waals surface area contributed by atoms with Crippen molar-refractivity contribution in [2.24, 2.45) is 0 Å². The van der Waals surface area contributed by atoms with E-state index in [4.69, 9.17) is 5.73 Å². The Balaban J connectivity index is 2.56. The summed E-state index contributed by atoms with van der Waals surface area (Å²) >= 11 is 0. The molecule has 4 nitrogen and oxygen atoms in total. The zero-order chi connectivity index (χ0) is 12.0. The number of nitrogens with two attached hydrogens (primary N) is 1. The molecule has 0 amide bonds. The van der Waals surface area contributed by atoms with Gasteiger partial charge in [0.2, 0.25) is 0 Å². The molecule has 0 heterocycles. The Kier molecular flexibility index (Phi) is 4.79. The van der Waals surface area contributed by atoms with Crippen LogP contribution in [0.2, 0.25) is 0 Å². The summed E-state index contributed by atoms with van der Waals surface area (Å²) in [5.74, 6) is -0.211. The lowest BCUT2D eigenvalue weighted by atomic mass is 10.2. The molecule has 0 bridgehead atoms. The van der Waals surface area contributed by atoms with Crippen LogP contribution in [0.4, 0.5) is 5.69 Å². The van der Waals surface area contributed by atoms with E-state index in [0.29, 0.717) is 6.54 Å². The minimum absolute atomic E-state index is 0.211. The second kappa shape index (κ2) is 6.12. The number of hydrogen-bond donors (Lipinski definition) is 1. The standard InChI is InChI=1S/C12H18N2O2/c1-3-14(9-12(15)16-2)8-10-4-6-11(13)7-5-10/h4-7H,3,8-9,13H2,1-2H3. The number of carbonyl (C=O) groups is 1. The molecule has 0 atom stereocenters. The summed E-state index contributed by atoms with van der Waals surface area (Å²) in [5.41, 5.74) is 7.49. The largest absolute Gasteiger partial charge is 0.468 e. The molecule has 0 saturated carbocycles. The average molecular weight is 222 g/mol. The number of likely N-dealkylation sites (N-methyl/N-ethyl adjacent to an activating group) is 1. The fourth-order valence-corrected chi connectivity index (χ4v) is 1.41. The molecule has 0 aromatic heterocycles. The van der Waals surface area contributed by atoms with Crippen LogP contribution >= 0.6 is 0 Å². The number of anilines is 1. The smallest absolute Gasteiger partial charge is 0.319 e. The highest BCUT2D eigenvalue weighted by molar-refractivity contribution is 5.71. The lowest BCUT2D eigenvalue weighted by molar-refractivity contribution is -0.142. The molecule has 0 aliphatic heterocycles. The molecule has 0 aliphatic rings. The van der Waals surface area contributed by atoms with Gasteiger partial charge in [0.1, 0.15) is 0 Å². The molecule has 4 heteroatoms. The summed E-state index contributed by atoms with van der Waals surface area (Å²) in [5, 5.41) is 0. The Morgan fingerprint density at radius 1 is 1.38 bits per heavy atom. The number of carbonyl (C=O) groups excluding carboxylic acids is 1. The second-order valence-corrected chi connectivity index (χ2v) is 3.62. The van der Waals surface area contributed by atoms with Crippen molar-refractivity contribution in [3.8, 4) is 0 Å². The minimum Gasteiger partial charge on any atom is -0.468 e. The minimum atomic E-state index is -0.211. The molecule has 0 aliphatic carbocycles.